The molecule has 2 fully saturated rings. The molecular weight excluding hydrogens is 457 g/mol. The van der Waals surface area contributed by atoms with Gasteiger partial charge < -0.3 is 20.7 Å². The highest BCUT2D eigenvalue weighted by Crippen LogP contribution is 2.30. The molecule has 9 heteroatoms. The van der Waals surface area contributed by atoms with Gasteiger partial charge in [0.15, 0.2) is 0 Å². The summed E-state index contributed by atoms with van der Waals surface area (Å²) in [5.41, 5.74) is 1.99. The summed E-state index contributed by atoms with van der Waals surface area (Å²) < 4.78 is 19.1. The minimum Gasteiger partial charge on any atom is -0.381 e. The highest BCUT2D eigenvalue weighted by molar-refractivity contribution is 6.30. The quantitative estimate of drug-likeness (QED) is 0.489. The number of ether oxygens (including phenoxy) is 1. The van der Waals surface area contributed by atoms with E-state index in [2.05, 4.69) is 25.9 Å². The van der Waals surface area contributed by atoms with Crippen LogP contribution in [0.4, 0.5) is 10.3 Å². The molecule has 7 nitrogen and oxygen atoms in total. The number of anilines is 1. The van der Waals surface area contributed by atoms with Gasteiger partial charge in [-0.2, -0.15) is 0 Å². The first kappa shape index (κ1) is 23.0. The van der Waals surface area contributed by atoms with Crippen LogP contribution in [-0.2, 0) is 4.74 Å². The molecule has 0 spiro atoms. The highest BCUT2D eigenvalue weighted by atomic mass is 35.5. The average molecular weight is 484 g/mol. The monoisotopic (exact) mass is 483 g/mol. The predicted octanol–water partition coefficient (Wildman–Crippen LogP) is 4.09. The van der Waals surface area contributed by atoms with Crippen molar-refractivity contribution in [3.8, 4) is 0 Å². The molecule has 3 heterocycles. The third-order valence-electron chi connectivity index (χ3n) is 6.56. The molecule has 34 heavy (non-hydrogen) atoms. The number of rotatable bonds is 6. The van der Waals surface area contributed by atoms with Gasteiger partial charge in [-0.25, -0.2) is 14.4 Å². The lowest BCUT2D eigenvalue weighted by molar-refractivity contribution is 0.0902. The number of nitrogens with one attached hydrogen (secondary N) is 3. The molecule has 0 unspecified atom stereocenters. The predicted molar refractivity (Wildman–Crippen MR) is 130 cm³/mol. The van der Waals surface area contributed by atoms with Gasteiger partial charge in [0.05, 0.1) is 16.6 Å². The van der Waals surface area contributed by atoms with Crippen LogP contribution >= 0.6 is 11.6 Å². The van der Waals surface area contributed by atoms with Crippen molar-refractivity contribution in [2.75, 3.05) is 31.6 Å². The van der Waals surface area contributed by atoms with Crippen molar-refractivity contribution in [3.63, 3.8) is 0 Å². The van der Waals surface area contributed by atoms with E-state index in [9.17, 15) is 9.18 Å². The van der Waals surface area contributed by atoms with Gasteiger partial charge in [-0.3, -0.25) is 4.79 Å². The van der Waals surface area contributed by atoms with Crippen LogP contribution in [0.15, 0.2) is 42.6 Å². The molecular formula is C25H27ClFN5O2. The lowest BCUT2D eigenvalue weighted by atomic mass is 9.91. The smallest absolute Gasteiger partial charge is 0.251 e. The molecule has 1 aromatic heterocycles. The molecule has 0 aliphatic carbocycles. The largest absolute Gasteiger partial charge is 0.381 e. The second kappa shape index (κ2) is 10.2. The molecule has 3 N–H and O–H groups in total. The van der Waals surface area contributed by atoms with E-state index in [4.69, 9.17) is 16.3 Å². The number of carbonyl (C=O) groups is 1. The molecule has 0 saturated carbocycles. The Kier molecular flexibility index (Phi) is 6.89. The molecule has 178 valence electrons. The lowest BCUT2D eigenvalue weighted by Crippen LogP contribution is -2.34. The molecule has 0 bridgehead atoms. The van der Waals surface area contributed by atoms with E-state index in [0.29, 0.717) is 17.0 Å². The van der Waals surface area contributed by atoms with Gasteiger partial charge in [-0.05, 0) is 61.6 Å². The van der Waals surface area contributed by atoms with Crippen molar-refractivity contribution in [1.82, 2.24) is 20.6 Å². The van der Waals surface area contributed by atoms with E-state index in [0.717, 1.165) is 56.5 Å². The van der Waals surface area contributed by atoms with Gasteiger partial charge in [-0.1, -0.05) is 23.7 Å². The first-order valence-electron chi connectivity index (χ1n) is 11.6. The fourth-order valence-corrected chi connectivity index (χ4v) is 4.81. The zero-order chi connectivity index (χ0) is 23.5. The Labute approximate surface area is 202 Å². The number of halogens is 2. The van der Waals surface area contributed by atoms with E-state index >= 15 is 0 Å². The zero-order valence-corrected chi connectivity index (χ0v) is 19.4. The van der Waals surface area contributed by atoms with E-state index in [1.54, 1.807) is 30.5 Å². The van der Waals surface area contributed by atoms with Crippen molar-refractivity contribution in [3.05, 3.63) is 64.6 Å². The molecule has 2 aromatic carbocycles. The van der Waals surface area contributed by atoms with Crippen LogP contribution in [-0.4, -0.2) is 48.2 Å². The zero-order valence-electron chi connectivity index (χ0n) is 18.7. The Morgan fingerprint density at radius 2 is 2.03 bits per heavy atom. The van der Waals surface area contributed by atoms with E-state index < -0.39 is 5.82 Å². The number of nitrogens with zero attached hydrogens (tertiary/aromatic N) is 2. The van der Waals surface area contributed by atoms with Crippen molar-refractivity contribution in [2.45, 2.75) is 31.3 Å². The molecule has 3 aromatic rings. The van der Waals surface area contributed by atoms with E-state index in [1.807, 2.05) is 6.07 Å². The second-order valence-corrected chi connectivity index (χ2v) is 9.28. The number of benzene rings is 2. The van der Waals surface area contributed by atoms with Crippen LogP contribution in [0.5, 0.6) is 0 Å². The van der Waals surface area contributed by atoms with Gasteiger partial charge in [0.1, 0.15) is 5.82 Å². The van der Waals surface area contributed by atoms with Gasteiger partial charge in [-0.15, -0.1) is 0 Å². The summed E-state index contributed by atoms with van der Waals surface area (Å²) in [7, 11) is 0. The van der Waals surface area contributed by atoms with E-state index in [1.165, 1.54) is 6.07 Å². The second-order valence-electron chi connectivity index (χ2n) is 8.88. The SMILES string of the molecule is O=C(N[C@H](c1ccc(F)c(Cl)c1)[C@@H]1CCNC1)c1ccc2cnc(NC3CCOCC3)nc2c1. The molecule has 1 amide bonds. The Bertz CT molecular complexity index is 1180. The van der Waals surface area contributed by atoms with Crippen LogP contribution in [0.1, 0.15) is 41.2 Å². The molecule has 2 aliphatic heterocycles. The van der Waals surface area contributed by atoms with Crippen LogP contribution in [0.25, 0.3) is 10.9 Å². The topological polar surface area (TPSA) is 88.2 Å². The average Bonchev–Trinajstić information content (AvgIpc) is 3.39. The molecule has 5 rings (SSSR count). The van der Waals surface area contributed by atoms with Crippen molar-refractivity contribution < 1.29 is 13.9 Å². The lowest BCUT2D eigenvalue weighted by Gasteiger charge is -2.25. The third kappa shape index (κ3) is 5.14. The first-order valence-corrected chi connectivity index (χ1v) is 12.0. The molecule has 2 atom stereocenters. The summed E-state index contributed by atoms with van der Waals surface area (Å²) in [5.74, 6) is 0.0487. The normalized spacial score (nSPS) is 19.8. The van der Waals surface area contributed by atoms with Crippen molar-refractivity contribution in [2.24, 2.45) is 5.92 Å². The van der Waals surface area contributed by atoms with Crippen LogP contribution in [0.2, 0.25) is 5.02 Å². The number of amides is 1. The maximum absolute atomic E-state index is 13.7. The van der Waals surface area contributed by atoms with Crippen molar-refractivity contribution >= 4 is 34.4 Å². The van der Waals surface area contributed by atoms with Crippen LogP contribution in [0.3, 0.4) is 0 Å². The summed E-state index contributed by atoms with van der Waals surface area (Å²) in [5, 5.41) is 10.8. The summed E-state index contributed by atoms with van der Waals surface area (Å²) in [4.78, 5) is 22.3. The van der Waals surface area contributed by atoms with Gasteiger partial charge in [0.2, 0.25) is 5.95 Å². The summed E-state index contributed by atoms with van der Waals surface area (Å²) in [6, 6.07) is 10.0. The molecule has 2 aliphatic rings. The fourth-order valence-electron chi connectivity index (χ4n) is 4.62. The van der Waals surface area contributed by atoms with Gasteiger partial charge in [0.25, 0.3) is 5.91 Å². The fraction of sp³-hybridized carbons (Fsp3) is 0.400. The maximum atomic E-state index is 13.7. The molecule has 0 radical (unpaired) electrons. The first-order chi connectivity index (χ1) is 16.6. The summed E-state index contributed by atoms with van der Waals surface area (Å²) in [6.07, 6.45) is 4.49. The maximum Gasteiger partial charge on any atom is 0.251 e. The summed E-state index contributed by atoms with van der Waals surface area (Å²) >= 11 is 6.04. The highest BCUT2D eigenvalue weighted by Gasteiger charge is 2.28. The number of fused-ring (bicyclic) bond motifs is 1. The number of hydrogen-bond donors (Lipinski definition) is 3. The minimum absolute atomic E-state index is 0.0506. The van der Waals surface area contributed by atoms with Gasteiger partial charge in [0, 0.05) is 42.9 Å². The minimum atomic E-state index is -0.473. The Balaban J connectivity index is 1.37. The number of hydrogen-bond acceptors (Lipinski definition) is 6. The standard InChI is InChI=1S/C25H27ClFN5O2/c26-20-11-15(3-4-21(20)27)23(18-5-8-28-13-18)32-24(33)16-1-2-17-14-29-25(31-22(17)12-16)30-19-6-9-34-10-7-19/h1-4,11-12,14,18-19,23,28H,5-10,13H2,(H,32,33)(H,29,30,31)/t18-,23-/m1/s1. The van der Waals surface area contributed by atoms with Crippen molar-refractivity contribution in [1.29, 1.82) is 0 Å². The van der Waals surface area contributed by atoms with Gasteiger partial charge >= 0.3 is 0 Å². The number of aromatic nitrogens is 2. The Morgan fingerprint density at radius 1 is 1.18 bits per heavy atom. The summed E-state index contributed by atoms with van der Waals surface area (Å²) in [6.45, 7) is 3.10. The Hall–Kier alpha value is -2.81. The number of carbonyl (C=O) groups excluding carboxylic acids is 1. The third-order valence-corrected chi connectivity index (χ3v) is 6.85. The van der Waals surface area contributed by atoms with E-state index in [-0.39, 0.29) is 28.9 Å². The van der Waals surface area contributed by atoms with Crippen LogP contribution < -0.4 is 16.0 Å². The Morgan fingerprint density at radius 3 is 2.79 bits per heavy atom. The molecule has 2 saturated heterocycles. The van der Waals surface area contributed by atoms with Crippen LogP contribution in [0, 0.1) is 11.7 Å².